The minimum absolute atomic E-state index is 0.180. The summed E-state index contributed by atoms with van der Waals surface area (Å²) >= 11 is 1.63. The molecule has 0 aromatic carbocycles. The summed E-state index contributed by atoms with van der Waals surface area (Å²) in [6.07, 6.45) is 3.63. The number of carbonyl (C=O) groups excluding carboxylic acids is 1. The number of hydrogen-bond donors (Lipinski definition) is 3. The van der Waals surface area contributed by atoms with Crippen LogP contribution in [-0.2, 0) is 14.8 Å². The summed E-state index contributed by atoms with van der Waals surface area (Å²) < 4.78 is 23.7. The van der Waals surface area contributed by atoms with E-state index in [-0.39, 0.29) is 19.0 Å². The van der Waals surface area contributed by atoms with E-state index in [4.69, 9.17) is 5.73 Å². The Hall–Kier alpha value is -0.310. The lowest BCUT2D eigenvalue weighted by atomic mass is 10.2. The molecule has 8 heteroatoms. The highest BCUT2D eigenvalue weighted by Crippen LogP contribution is 1.98. The van der Waals surface area contributed by atoms with Gasteiger partial charge in [-0.1, -0.05) is 0 Å². The van der Waals surface area contributed by atoms with E-state index < -0.39 is 16.1 Å². The molecule has 0 fully saturated rings. The van der Waals surface area contributed by atoms with Gasteiger partial charge < -0.3 is 11.1 Å². The Kier molecular flexibility index (Phi) is 7.73. The Morgan fingerprint density at radius 1 is 1.44 bits per heavy atom. The summed E-state index contributed by atoms with van der Waals surface area (Å²) in [6, 6.07) is -0.523. The Morgan fingerprint density at radius 3 is 2.56 bits per heavy atom. The molecule has 1 amide bonds. The standard InChI is InChI=1S/C8H19N3O3S2/c1-15-6-3-7(9)8(12)10-4-5-11-16(2,13)14/h7,11H,3-6,9H2,1-2H3,(H,10,12)/t7-/m1/s1. The Morgan fingerprint density at radius 2 is 2.06 bits per heavy atom. The molecule has 0 radical (unpaired) electrons. The van der Waals surface area contributed by atoms with E-state index in [0.717, 1.165) is 12.0 Å². The molecule has 0 heterocycles. The maximum Gasteiger partial charge on any atom is 0.236 e. The first-order valence-corrected chi connectivity index (χ1v) is 8.12. The fourth-order valence-corrected chi connectivity index (χ4v) is 1.89. The first-order valence-electron chi connectivity index (χ1n) is 4.83. The van der Waals surface area contributed by atoms with Crippen LogP contribution in [0.5, 0.6) is 0 Å². The zero-order valence-electron chi connectivity index (χ0n) is 9.52. The highest BCUT2D eigenvalue weighted by Gasteiger charge is 2.11. The van der Waals surface area contributed by atoms with Crippen molar-refractivity contribution in [2.45, 2.75) is 12.5 Å². The molecule has 4 N–H and O–H groups in total. The number of rotatable bonds is 8. The van der Waals surface area contributed by atoms with E-state index >= 15 is 0 Å². The Bertz CT molecular complexity index is 306. The molecule has 0 unspecified atom stereocenters. The van der Waals surface area contributed by atoms with Crippen LogP contribution in [0, 0.1) is 0 Å². The summed E-state index contributed by atoms with van der Waals surface area (Å²) in [5.41, 5.74) is 5.61. The van der Waals surface area contributed by atoms with Gasteiger partial charge in [0, 0.05) is 13.1 Å². The van der Waals surface area contributed by atoms with E-state index in [0.29, 0.717) is 6.42 Å². The van der Waals surface area contributed by atoms with Crippen molar-refractivity contribution < 1.29 is 13.2 Å². The lowest BCUT2D eigenvalue weighted by molar-refractivity contribution is -0.122. The van der Waals surface area contributed by atoms with Crippen LogP contribution in [0.4, 0.5) is 0 Å². The van der Waals surface area contributed by atoms with Crippen molar-refractivity contribution in [3.63, 3.8) is 0 Å². The van der Waals surface area contributed by atoms with Crippen LogP contribution in [0.1, 0.15) is 6.42 Å². The van der Waals surface area contributed by atoms with Crippen LogP contribution in [0.2, 0.25) is 0 Å². The molecular weight excluding hydrogens is 250 g/mol. The summed E-state index contributed by atoms with van der Waals surface area (Å²) in [5.74, 6) is 0.584. The van der Waals surface area contributed by atoms with Crippen molar-refractivity contribution in [2.24, 2.45) is 5.73 Å². The van der Waals surface area contributed by atoms with Gasteiger partial charge in [-0.05, 0) is 18.4 Å². The van der Waals surface area contributed by atoms with E-state index in [2.05, 4.69) is 10.0 Å². The van der Waals surface area contributed by atoms with Gasteiger partial charge in [0.05, 0.1) is 12.3 Å². The predicted octanol–water partition coefficient (Wildman–Crippen LogP) is -1.27. The summed E-state index contributed by atoms with van der Waals surface area (Å²) in [4.78, 5) is 11.4. The largest absolute Gasteiger partial charge is 0.353 e. The number of hydrogen-bond acceptors (Lipinski definition) is 5. The van der Waals surface area contributed by atoms with Gasteiger partial charge in [-0.3, -0.25) is 4.79 Å². The number of nitrogens with two attached hydrogens (primary N) is 1. The van der Waals surface area contributed by atoms with Crippen molar-refractivity contribution in [1.29, 1.82) is 0 Å². The second-order valence-corrected chi connectivity index (χ2v) is 6.16. The summed E-state index contributed by atoms with van der Waals surface area (Å²) in [5, 5.41) is 2.56. The van der Waals surface area contributed by atoms with E-state index in [1.54, 1.807) is 11.8 Å². The average Bonchev–Trinajstić information content (AvgIpc) is 2.19. The van der Waals surface area contributed by atoms with Gasteiger partial charge in [0.15, 0.2) is 0 Å². The zero-order valence-corrected chi connectivity index (χ0v) is 11.2. The highest BCUT2D eigenvalue weighted by molar-refractivity contribution is 7.98. The third-order valence-electron chi connectivity index (χ3n) is 1.76. The molecule has 96 valence electrons. The van der Waals surface area contributed by atoms with Gasteiger partial charge in [-0.25, -0.2) is 13.1 Å². The summed E-state index contributed by atoms with van der Waals surface area (Å²) in [7, 11) is -3.19. The van der Waals surface area contributed by atoms with Crippen LogP contribution in [0.25, 0.3) is 0 Å². The molecular formula is C8H19N3O3S2. The van der Waals surface area contributed by atoms with E-state index in [9.17, 15) is 13.2 Å². The molecule has 0 rings (SSSR count). The zero-order chi connectivity index (χ0) is 12.6. The van der Waals surface area contributed by atoms with Crippen LogP contribution in [0.3, 0.4) is 0 Å². The average molecular weight is 269 g/mol. The maximum atomic E-state index is 11.4. The highest BCUT2D eigenvalue weighted by atomic mass is 32.2. The molecule has 0 aromatic heterocycles. The number of sulfonamides is 1. The van der Waals surface area contributed by atoms with Crippen LogP contribution >= 0.6 is 11.8 Å². The molecule has 0 aliphatic carbocycles. The van der Waals surface area contributed by atoms with Gasteiger partial charge >= 0.3 is 0 Å². The van der Waals surface area contributed by atoms with Crippen molar-refractivity contribution in [3.8, 4) is 0 Å². The summed E-state index contributed by atoms with van der Waals surface area (Å²) in [6.45, 7) is 0.429. The van der Waals surface area contributed by atoms with Gasteiger partial charge in [0.1, 0.15) is 0 Å². The number of thioether (sulfide) groups is 1. The predicted molar refractivity (Wildman–Crippen MR) is 66.8 cm³/mol. The SMILES string of the molecule is CSCC[C@@H](N)C(=O)NCCNS(C)(=O)=O. The van der Waals surface area contributed by atoms with Crippen molar-refractivity contribution in [3.05, 3.63) is 0 Å². The van der Waals surface area contributed by atoms with Gasteiger partial charge in [0.25, 0.3) is 0 Å². The Labute approximate surface area is 101 Å². The Balaban J connectivity index is 3.65. The third-order valence-corrected chi connectivity index (χ3v) is 3.13. The molecule has 0 bridgehead atoms. The molecule has 6 nitrogen and oxygen atoms in total. The third kappa shape index (κ3) is 8.96. The van der Waals surface area contributed by atoms with Gasteiger partial charge in [-0.15, -0.1) is 0 Å². The number of amides is 1. The lowest BCUT2D eigenvalue weighted by Gasteiger charge is -2.11. The normalized spacial score (nSPS) is 13.4. The smallest absolute Gasteiger partial charge is 0.236 e. The molecule has 1 atom stereocenters. The van der Waals surface area contributed by atoms with Crippen molar-refractivity contribution in [2.75, 3.05) is 31.4 Å². The maximum absolute atomic E-state index is 11.4. The van der Waals surface area contributed by atoms with Crippen molar-refractivity contribution in [1.82, 2.24) is 10.0 Å². The number of carbonyl (C=O) groups is 1. The fourth-order valence-electron chi connectivity index (χ4n) is 0.929. The molecule has 0 saturated heterocycles. The first-order chi connectivity index (χ1) is 7.37. The van der Waals surface area contributed by atoms with Gasteiger partial charge in [0.2, 0.25) is 15.9 Å². The number of nitrogens with one attached hydrogen (secondary N) is 2. The minimum atomic E-state index is -3.19. The topological polar surface area (TPSA) is 101 Å². The monoisotopic (exact) mass is 269 g/mol. The minimum Gasteiger partial charge on any atom is -0.353 e. The van der Waals surface area contributed by atoms with Crippen molar-refractivity contribution >= 4 is 27.7 Å². The van der Waals surface area contributed by atoms with E-state index in [1.165, 1.54) is 0 Å². The molecule has 0 spiro atoms. The van der Waals surface area contributed by atoms with Crippen LogP contribution < -0.4 is 15.8 Å². The van der Waals surface area contributed by atoms with E-state index in [1.807, 2.05) is 6.26 Å². The lowest BCUT2D eigenvalue weighted by Crippen LogP contribution is -2.43. The molecule has 16 heavy (non-hydrogen) atoms. The van der Waals surface area contributed by atoms with Crippen LogP contribution in [0.15, 0.2) is 0 Å². The molecule has 0 aliphatic rings. The fraction of sp³-hybridized carbons (Fsp3) is 0.875. The first kappa shape index (κ1) is 15.7. The van der Waals surface area contributed by atoms with Gasteiger partial charge in [-0.2, -0.15) is 11.8 Å². The quantitative estimate of drug-likeness (QED) is 0.477. The molecule has 0 aromatic rings. The molecule has 0 saturated carbocycles. The van der Waals surface area contributed by atoms with Crippen LogP contribution in [-0.4, -0.2) is 51.7 Å². The second-order valence-electron chi connectivity index (χ2n) is 3.35. The second kappa shape index (κ2) is 7.88. The molecule has 0 aliphatic heterocycles.